The van der Waals surface area contributed by atoms with E-state index in [1.807, 2.05) is 24.4 Å². The van der Waals surface area contributed by atoms with Gasteiger partial charge in [-0.15, -0.1) is 11.3 Å². The number of anilines is 1. The highest BCUT2D eigenvalue weighted by Crippen LogP contribution is 2.28. The fraction of sp³-hybridized carbons (Fsp3) is 0.143. The first-order valence-electron chi connectivity index (χ1n) is 5.95. The Morgan fingerprint density at radius 1 is 1.21 bits per heavy atom. The van der Waals surface area contributed by atoms with Crippen LogP contribution in [-0.2, 0) is 0 Å². The predicted molar refractivity (Wildman–Crippen MR) is 75.9 cm³/mol. The zero-order valence-corrected chi connectivity index (χ0v) is 11.1. The largest absolute Gasteiger partial charge is 0.362 e. The molecule has 3 nitrogen and oxygen atoms in total. The first kappa shape index (κ1) is 12.0. The molecule has 5 heteroatoms. The maximum atomic E-state index is 13.7. The lowest BCUT2D eigenvalue weighted by atomic mass is 10.1. The maximum absolute atomic E-state index is 13.7. The maximum Gasteiger partial charge on any atom is 0.147 e. The van der Waals surface area contributed by atoms with E-state index >= 15 is 0 Å². The molecular weight excluding hydrogens is 261 g/mol. The van der Waals surface area contributed by atoms with Crippen molar-refractivity contribution in [2.75, 3.05) is 5.32 Å². The van der Waals surface area contributed by atoms with E-state index in [2.05, 4.69) is 15.3 Å². The van der Waals surface area contributed by atoms with Crippen LogP contribution in [0.1, 0.15) is 18.5 Å². The van der Waals surface area contributed by atoms with Crippen molar-refractivity contribution in [2.45, 2.75) is 13.0 Å². The first-order valence-corrected chi connectivity index (χ1v) is 6.83. The number of hydrogen-bond donors (Lipinski definition) is 1. The van der Waals surface area contributed by atoms with Gasteiger partial charge in [-0.2, -0.15) is 0 Å². The van der Waals surface area contributed by atoms with Crippen LogP contribution in [0.5, 0.6) is 0 Å². The molecule has 1 N–H and O–H groups in total. The standard InChI is InChI=1S/C14H12FN3S/c1-9(10-4-2-3-5-11(10)15)18-14-13-12(6-7-19-13)16-8-17-14/h2-9H,1H3,(H,16,17,18). The van der Waals surface area contributed by atoms with Crippen LogP contribution in [-0.4, -0.2) is 9.97 Å². The Kier molecular flexibility index (Phi) is 3.13. The molecule has 96 valence electrons. The molecule has 2 heterocycles. The van der Waals surface area contributed by atoms with Gasteiger partial charge in [0.15, 0.2) is 0 Å². The van der Waals surface area contributed by atoms with Crippen LogP contribution in [0.4, 0.5) is 10.2 Å². The molecule has 0 aliphatic rings. The highest BCUT2D eigenvalue weighted by Gasteiger charge is 2.12. The minimum Gasteiger partial charge on any atom is -0.362 e. The van der Waals surface area contributed by atoms with E-state index in [4.69, 9.17) is 0 Å². The molecule has 0 fully saturated rings. The summed E-state index contributed by atoms with van der Waals surface area (Å²) in [7, 11) is 0. The van der Waals surface area contributed by atoms with E-state index in [1.54, 1.807) is 23.5 Å². The van der Waals surface area contributed by atoms with Gasteiger partial charge in [0.1, 0.15) is 18.0 Å². The van der Waals surface area contributed by atoms with Gasteiger partial charge < -0.3 is 5.32 Å². The Labute approximate surface area is 114 Å². The Hall–Kier alpha value is -2.01. The van der Waals surface area contributed by atoms with Gasteiger partial charge >= 0.3 is 0 Å². The van der Waals surface area contributed by atoms with Crippen molar-refractivity contribution < 1.29 is 4.39 Å². The summed E-state index contributed by atoms with van der Waals surface area (Å²) in [5, 5.41) is 5.22. The lowest BCUT2D eigenvalue weighted by Crippen LogP contribution is -2.09. The quantitative estimate of drug-likeness (QED) is 0.783. The zero-order valence-electron chi connectivity index (χ0n) is 10.3. The third-order valence-electron chi connectivity index (χ3n) is 2.97. The second-order valence-corrected chi connectivity index (χ2v) is 5.16. The highest BCUT2D eigenvalue weighted by molar-refractivity contribution is 7.17. The van der Waals surface area contributed by atoms with Crippen molar-refractivity contribution in [2.24, 2.45) is 0 Å². The van der Waals surface area contributed by atoms with E-state index in [9.17, 15) is 4.39 Å². The monoisotopic (exact) mass is 273 g/mol. The van der Waals surface area contributed by atoms with Crippen LogP contribution in [0.25, 0.3) is 10.2 Å². The van der Waals surface area contributed by atoms with Gasteiger partial charge in [-0.25, -0.2) is 14.4 Å². The van der Waals surface area contributed by atoms with Gasteiger partial charge in [0.2, 0.25) is 0 Å². The number of nitrogens with one attached hydrogen (secondary N) is 1. The van der Waals surface area contributed by atoms with Gasteiger partial charge in [-0.3, -0.25) is 0 Å². The molecule has 0 radical (unpaired) electrons. The minimum absolute atomic E-state index is 0.151. The summed E-state index contributed by atoms with van der Waals surface area (Å²) in [6.45, 7) is 1.92. The molecule has 1 aromatic carbocycles. The Bertz CT molecular complexity index is 710. The third-order valence-corrected chi connectivity index (χ3v) is 3.88. The molecule has 0 bridgehead atoms. The van der Waals surface area contributed by atoms with Crippen LogP contribution in [0.3, 0.4) is 0 Å². The molecule has 1 unspecified atom stereocenters. The average molecular weight is 273 g/mol. The zero-order chi connectivity index (χ0) is 13.2. The Morgan fingerprint density at radius 3 is 2.89 bits per heavy atom. The molecule has 0 amide bonds. The molecular formula is C14H12FN3S. The van der Waals surface area contributed by atoms with Crippen molar-refractivity contribution in [3.63, 3.8) is 0 Å². The summed E-state index contributed by atoms with van der Waals surface area (Å²) >= 11 is 1.57. The molecule has 3 rings (SSSR count). The number of benzene rings is 1. The fourth-order valence-electron chi connectivity index (χ4n) is 2.00. The smallest absolute Gasteiger partial charge is 0.147 e. The molecule has 0 spiro atoms. The van der Waals surface area contributed by atoms with E-state index in [0.29, 0.717) is 5.56 Å². The summed E-state index contributed by atoms with van der Waals surface area (Å²) in [4.78, 5) is 8.42. The fourth-order valence-corrected chi connectivity index (χ4v) is 2.80. The van der Waals surface area contributed by atoms with Crippen molar-refractivity contribution in [3.05, 3.63) is 53.4 Å². The van der Waals surface area contributed by atoms with E-state index in [1.165, 1.54) is 12.4 Å². The summed E-state index contributed by atoms with van der Waals surface area (Å²) in [5.74, 6) is 0.537. The Morgan fingerprint density at radius 2 is 2.05 bits per heavy atom. The molecule has 1 atom stereocenters. The Balaban J connectivity index is 1.93. The van der Waals surface area contributed by atoms with E-state index in [0.717, 1.165) is 16.0 Å². The van der Waals surface area contributed by atoms with Gasteiger partial charge in [-0.1, -0.05) is 18.2 Å². The minimum atomic E-state index is -0.209. The lowest BCUT2D eigenvalue weighted by Gasteiger charge is -2.15. The first-order chi connectivity index (χ1) is 9.25. The normalized spacial score (nSPS) is 12.5. The number of rotatable bonds is 3. The van der Waals surface area contributed by atoms with Crippen molar-refractivity contribution in [1.82, 2.24) is 9.97 Å². The summed E-state index contributed by atoms with van der Waals surface area (Å²) in [5.41, 5.74) is 1.54. The summed E-state index contributed by atoms with van der Waals surface area (Å²) in [6.07, 6.45) is 1.52. The lowest BCUT2D eigenvalue weighted by molar-refractivity contribution is 0.600. The van der Waals surface area contributed by atoms with E-state index in [-0.39, 0.29) is 11.9 Å². The summed E-state index contributed by atoms with van der Waals surface area (Å²) in [6, 6.07) is 8.56. The number of nitrogens with zero attached hydrogens (tertiary/aromatic N) is 2. The molecule has 0 aliphatic carbocycles. The number of hydrogen-bond acceptors (Lipinski definition) is 4. The predicted octanol–water partition coefficient (Wildman–Crippen LogP) is 4.00. The molecule has 19 heavy (non-hydrogen) atoms. The average Bonchev–Trinajstić information content (AvgIpc) is 2.88. The van der Waals surface area contributed by atoms with Crippen molar-refractivity contribution in [1.29, 1.82) is 0 Å². The SMILES string of the molecule is CC(Nc1ncnc2ccsc12)c1ccccc1F. The molecule has 0 saturated carbocycles. The van der Waals surface area contributed by atoms with E-state index < -0.39 is 0 Å². The molecule has 0 saturated heterocycles. The molecule has 3 aromatic rings. The topological polar surface area (TPSA) is 37.8 Å². The number of thiophene rings is 1. The van der Waals surface area contributed by atoms with Crippen LogP contribution < -0.4 is 5.32 Å². The van der Waals surface area contributed by atoms with Crippen molar-refractivity contribution >= 4 is 27.4 Å². The second-order valence-electron chi connectivity index (χ2n) is 4.24. The van der Waals surface area contributed by atoms with Gasteiger partial charge in [0, 0.05) is 5.56 Å². The second kappa shape index (κ2) is 4.93. The number of fused-ring (bicyclic) bond motifs is 1. The number of aromatic nitrogens is 2. The highest BCUT2D eigenvalue weighted by atomic mass is 32.1. The van der Waals surface area contributed by atoms with Crippen molar-refractivity contribution in [3.8, 4) is 0 Å². The molecule has 0 aliphatic heterocycles. The van der Waals surface area contributed by atoms with Gasteiger partial charge in [0.25, 0.3) is 0 Å². The third kappa shape index (κ3) is 2.29. The van der Waals surface area contributed by atoms with Gasteiger partial charge in [0.05, 0.1) is 16.3 Å². The van der Waals surface area contributed by atoms with Crippen LogP contribution >= 0.6 is 11.3 Å². The number of halogens is 1. The summed E-state index contributed by atoms with van der Waals surface area (Å²) < 4.78 is 14.7. The van der Waals surface area contributed by atoms with Crippen LogP contribution in [0.2, 0.25) is 0 Å². The van der Waals surface area contributed by atoms with Crippen LogP contribution in [0, 0.1) is 5.82 Å². The van der Waals surface area contributed by atoms with Crippen LogP contribution in [0.15, 0.2) is 42.0 Å². The molecule has 2 aromatic heterocycles. The van der Waals surface area contributed by atoms with Gasteiger partial charge in [-0.05, 0) is 24.4 Å².